The first-order chi connectivity index (χ1) is 12.6. The molecule has 0 bridgehead atoms. The van der Waals surface area contributed by atoms with E-state index in [0.29, 0.717) is 22.0 Å². The van der Waals surface area contributed by atoms with Gasteiger partial charge in [0.15, 0.2) is 0 Å². The smallest absolute Gasteiger partial charge is 0.294 e. The molecule has 1 aromatic rings. The molecule has 2 aliphatic heterocycles. The lowest BCUT2D eigenvalue weighted by atomic mass is 10.1. The van der Waals surface area contributed by atoms with Crippen LogP contribution < -0.4 is 14.4 Å². The van der Waals surface area contributed by atoms with E-state index < -0.39 is 0 Å². The van der Waals surface area contributed by atoms with Gasteiger partial charge >= 0.3 is 0 Å². The zero-order valence-electron chi connectivity index (χ0n) is 14.8. The molecule has 2 saturated heterocycles. The van der Waals surface area contributed by atoms with Gasteiger partial charge in [0, 0.05) is 24.7 Å². The maximum Gasteiger partial charge on any atom is 0.294 e. The lowest BCUT2D eigenvalue weighted by Gasteiger charge is -2.22. The monoisotopic (exact) mass is 372 g/mol. The van der Waals surface area contributed by atoms with Crippen LogP contribution in [0.25, 0.3) is 6.08 Å². The summed E-state index contributed by atoms with van der Waals surface area (Å²) in [6, 6.07) is 3.75. The normalized spacial score (nSPS) is 18.6. The molecular weight excluding hydrogens is 352 g/mol. The van der Waals surface area contributed by atoms with Crippen LogP contribution in [-0.2, 0) is 4.79 Å². The number of amides is 2. The molecular formula is C19H20N2O4S. The van der Waals surface area contributed by atoms with Gasteiger partial charge in [-0.25, -0.2) is 0 Å². The van der Waals surface area contributed by atoms with Crippen LogP contribution in [-0.4, -0.2) is 49.9 Å². The molecule has 6 nitrogen and oxygen atoms in total. The quantitative estimate of drug-likeness (QED) is 0.585. The first-order valence-electron chi connectivity index (χ1n) is 8.29. The first-order valence-corrected chi connectivity index (χ1v) is 9.10. The average Bonchev–Trinajstić information content (AvgIpc) is 3.26. The van der Waals surface area contributed by atoms with Gasteiger partial charge in [0.05, 0.1) is 31.4 Å². The van der Waals surface area contributed by atoms with E-state index in [4.69, 9.17) is 15.9 Å². The summed E-state index contributed by atoms with van der Waals surface area (Å²) in [6.45, 7) is 1.92. The number of hydrogen-bond donors (Lipinski definition) is 0. The molecule has 26 heavy (non-hydrogen) atoms. The fourth-order valence-corrected chi connectivity index (χ4v) is 3.92. The summed E-state index contributed by atoms with van der Waals surface area (Å²) in [5, 5.41) is -0.362. The SMILES string of the molecule is C#CCN1C(=O)S/C(=C\c2cc(OC)c(N3CCCC3)cc2OC)C1=O. The number of terminal acetylenes is 1. The second-order valence-electron chi connectivity index (χ2n) is 5.93. The minimum absolute atomic E-state index is 0.0314. The van der Waals surface area contributed by atoms with Crippen LogP contribution in [0.5, 0.6) is 11.5 Å². The Morgan fingerprint density at radius 1 is 1.19 bits per heavy atom. The molecule has 1 aromatic carbocycles. The summed E-state index contributed by atoms with van der Waals surface area (Å²) in [5.74, 6) is 3.27. The summed E-state index contributed by atoms with van der Waals surface area (Å²) < 4.78 is 11.1. The molecule has 0 unspecified atom stereocenters. The highest BCUT2D eigenvalue weighted by molar-refractivity contribution is 8.18. The fourth-order valence-electron chi connectivity index (χ4n) is 3.09. The largest absolute Gasteiger partial charge is 0.496 e. The van der Waals surface area contributed by atoms with Crippen molar-refractivity contribution < 1.29 is 19.1 Å². The predicted molar refractivity (Wildman–Crippen MR) is 103 cm³/mol. The predicted octanol–water partition coefficient (Wildman–Crippen LogP) is 2.97. The van der Waals surface area contributed by atoms with Crippen molar-refractivity contribution in [3.8, 4) is 23.8 Å². The van der Waals surface area contributed by atoms with E-state index in [2.05, 4.69) is 10.8 Å². The number of hydrogen-bond acceptors (Lipinski definition) is 6. The summed E-state index contributed by atoms with van der Waals surface area (Å²) in [4.78, 5) is 28.0. The zero-order chi connectivity index (χ0) is 18.7. The number of anilines is 1. The Hall–Kier alpha value is -2.59. The maximum atomic E-state index is 12.4. The van der Waals surface area contributed by atoms with Crippen LogP contribution >= 0.6 is 11.8 Å². The van der Waals surface area contributed by atoms with E-state index in [9.17, 15) is 9.59 Å². The minimum Gasteiger partial charge on any atom is -0.496 e. The Balaban J connectivity index is 1.98. The van der Waals surface area contributed by atoms with Gasteiger partial charge < -0.3 is 14.4 Å². The maximum absolute atomic E-state index is 12.4. The second-order valence-corrected chi connectivity index (χ2v) is 6.93. The van der Waals surface area contributed by atoms with Crippen molar-refractivity contribution in [1.29, 1.82) is 0 Å². The highest BCUT2D eigenvalue weighted by Crippen LogP contribution is 2.40. The number of rotatable bonds is 5. The Morgan fingerprint density at radius 2 is 1.88 bits per heavy atom. The van der Waals surface area contributed by atoms with Crippen molar-refractivity contribution in [3.05, 3.63) is 22.6 Å². The molecule has 0 N–H and O–H groups in total. The molecule has 0 aromatic heterocycles. The number of imide groups is 1. The Kier molecular flexibility index (Phi) is 5.43. The van der Waals surface area contributed by atoms with Crippen molar-refractivity contribution in [3.63, 3.8) is 0 Å². The standard InChI is InChI=1S/C19H20N2O4S/c1-4-7-21-18(22)17(26-19(21)23)11-13-10-16(25-3)14(12-15(13)24-2)20-8-5-6-9-20/h1,10-12H,5-9H2,2-3H3/b17-11-. The molecule has 136 valence electrons. The second kappa shape index (κ2) is 7.75. The number of thioether (sulfide) groups is 1. The van der Waals surface area contributed by atoms with Crippen molar-refractivity contribution >= 4 is 34.7 Å². The lowest BCUT2D eigenvalue weighted by Crippen LogP contribution is -2.28. The van der Waals surface area contributed by atoms with Gasteiger partial charge in [-0.1, -0.05) is 5.92 Å². The van der Waals surface area contributed by atoms with Crippen molar-refractivity contribution in [2.24, 2.45) is 0 Å². The topological polar surface area (TPSA) is 59.1 Å². The molecule has 7 heteroatoms. The van der Waals surface area contributed by atoms with E-state index in [1.807, 2.05) is 12.1 Å². The molecule has 2 amide bonds. The van der Waals surface area contributed by atoms with Crippen molar-refractivity contribution in [2.75, 3.05) is 38.8 Å². The minimum atomic E-state index is -0.386. The number of ether oxygens (including phenoxy) is 2. The van der Waals surface area contributed by atoms with Crippen molar-refractivity contribution in [1.82, 2.24) is 4.90 Å². The van der Waals surface area contributed by atoms with Crippen molar-refractivity contribution in [2.45, 2.75) is 12.8 Å². The molecule has 0 atom stereocenters. The zero-order valence-corrected chi connectivity index (χ0v) is 15.6. The van der Waals surface area contributed by atoms with E-state index >= 15 is 0 Å². The molecule has 2 heterocycles. The van der Waals surface area contributed by atoms with Gasteiger partial charge in [-0.15, -0.1) is 6.42 Å². The Morgan fingerprint density at radius 3 is 2.50 bits per heavy atom. The van der Waals surface area contributed by atoms with Crippen LogP contribution in [0.4, 0.5) is 10.5 Å². The van der Waals surface area contributed by atoms with Gasteiger partial charge in [0.25, 0.3) is 11.1 Å². The van der Waals surface area contributed by atoms with Gasteiger partial charge in [0.1, 0.15) is 11.5 Å². The Labute approximate surface area is 157 Å². The molecule has 2 aliphatic rings. The van der Waals surface area contributed by atoms with E-state index in [-0.39, 0.29) is 17.7 Å². The molecule has 0 saturated carbocycles. The number of carbonyl (C=O) groups excluding carboxylic acids is 2. The van der Waals surface area contributed by atoms with Crippen LogP contribution in [0.3, 0.4) is 0 Å². The summed E-state index contributed by atoms with van der Waals surface area (Å²) in [7, 11) is 3.20. The van der Waals surface area contributed by atoms with Gasteiger partial charge in [-0.2, -0.15) is 0 Å². The van der Waals surface area contributed by atoms with Crippen LogP contribution in [0.2, 0.25) is 0 Å². The highest BCUT2D eigenvalue weighted by atomic mass is 32.2. The Bertz CT molecular complexity index is 806. The number of nitrogens with zero attached hydrogens (tertiary/aromatic N) is 2. The number of carbonyl (C=O) groups is 2. The first kappa shape index (κ1) is 18.2. The lowest BCUT2D eigenvalue weighted by molar-refractivity contribution is -0.122. The van der Waals surface area contributed by atoms with E-state index in [1.54, 1.807) is 20.3 Å². The summed E-state index contributed by atoms with van der Waals surface area (Å²) in [5.41, 5.74) is 1.65. The van der Waals surface area contributed by atoms with Gasteiger partial charge in [-0.3, -0.25) is 14.5 Å². The molecule has 2 fully saturated rings. The molecule has 0 radical (unpaired) electrons. The molecule has 3 rings (SSSR count). The van der Waals surface area contributed by atoms with Crippen LogP contribution in [0, 0.1) is 12.3 Å². The summed E-state index contributed by atoms with van der Waals surface area (Å²) >= 11 is 0.875. The fraction of sp³-hybridized carbons (Fsp3) is 0.368. The number of methoxy groups -OCH3 is 2. The third-order valence-corrected chi connectivity index (χ3v) is 5.29. The average molecular weight is 372 g/mol. The van der Waals surface area contributed by atoms with E-state index in [1.165, 1.54) is 0 Å². The van der Waals surface area contributed by atoms with E-state index in [0.717, 1.165) is 48.3 Å². The third kappa shape index (κ3) is 3.37. The van der Waals surface area contributed by atoms with Crippen LogP contribution in [0.1, 0.15) is 18.4 Å². The highest BCUT2D eigenvalue weighted by Gasteiger charge is 2.34. The molecule has 0 aliphatic carbocycles. The van der Waals surface area contributed by atoms with Gasteiger partial charge in [-0.05, 0) is 36.7 Å². The molecule has 0 spiro atoms. The van der Waals surface area contributed by atoms with Gasteiger partial charge in [0.2, 0.25) is 0 Å². The third-order valence-electron chi connectivity index (χ3n) is 4.39. The summed E-state index contributed by atoms with van der Waals surface area (Å²) in [6.07, 6.45) is 9.17. The van der Waals surface area contributed by atoms with Crippen LogP contribution in [0.15, 0.2) is 17.0 Å². The number of benzene rings is 1.